The first-order chi connectivity index (χ1) is 5.29. The van der Waals surface area contributed by atoms with E-state index in [1.165, 1.54) is 7.05 Å². The Hall–Kier alpha value is -1.90. The number of H-pyrrole nitrogens is 1. The van der Waals surface area contributed by atoms with Crippen LogP contribution in [0.2, 0.25) is 0 Å². The molecule has 0 radical (unpaired) electrons. The summed E-state index contributed by atoms with van der Waals surface area (Å²) in [5.41, 5.74) is 0.0272. The first kappa shape index (κ1) is 7.21. The molecule has 0 saturated carbocycles. The molecule has 0 atom stereocenters. The van der Waals surface area contributed by atoms with Gasteiger partial charge in [-0.1, -0.05) is 0 Å². The molecule has 0 aliphatic heterocycles. The van der Waals surface area contributed by atoms with Crippen molar-refractivity contribution in [2.75, 3.05) is 7.05 Å². The van der Waals surface area contributed by atoms with Crippen LogP contribution in [0, 0.1) is 11.3 Å². The van der Waals surface area contributed by atoms with Gasteiger partial charge in [0.25, 0.3) is 5.91 Å². The SMILES string of the molecule is CNC(=O)c1n[nH]nc1C#N. The molecule has 1 amide bonds. The molecule has 6 nitrogen and oxygen atoms in total. The van der Waals surface area contributed by atoms with Gasteiger partial charge in [0.05, 0.1) is 0 Å². The van der Waals surface area contributed by atoms with E-state index in [1.54, 1.807) is 6.07 Å². The lowest BCUT2D eigenvalue weighted by atomic mass is 10.3. The van der Waals surface area contributed by atoms with Gasteiger partial charge in [-0.25, -0.2) is 0 Å². The second-order valence-corrected chi connectivity index (χ2v) is 1.71. The Labute approximate surface area is 62.2 Å². The highest BCUT2D eigenvalue weighted by Gasteiger charge is 2.13. The molecule has 1 aromatic heterocycles. The molecule has 0 aliphatic carbocycles. The number of hydrogen-bond donors (Lipinski definition) is 2. The van der Waals surface area contributed by atoms with Gasteiger partial charge in [0.2, 0.25) is 0 Å². The summed E-state index contributed by atoms with van der Waals surface area (Å²) in [5, 5.41) is 19.8. The molecule has 0 saturated heterocycles. The van der Waals surface area contributed by atoms with Gasteiger partial charge in [0.1, 0.15) is 6.07 Å². The van der Waals surface area contributed by atoms with Crippen LogP contribution < -0.4 is 5.32 Å². The molecule has 1 rings (SSSR count). The van der Waals surface area contributed by atoms with Crippen LogP contribution in [0.4, 0.5) is 0 Å². The van der Waals surface area contributed by atoms with E-state index in [-0.39, 0.29) is 11.4 Å². The number of carbonyl (C=O) groups excluding carboxylic acids is 1. The van der Waals surface area contributed by atoms with E-state index in [0.29, 0.717) is 0 Å². The highest BCUT2D eigenvalue weighted by Crippen LogP contribution is 1.96. The Bertz CT molecular complexity index is 309. The third kappa shape index (κ3) is 1.16. The van der Waals surface area contributed by atoms with Gasteiger partial charge < -0.3 is 5.32 Å². The first-order valence-corrected chi connectivity index (χ1v) is 2.82. The van der Waals surface area contributed by atoms with Gasteiger partial charge in [0.15, 0.2) is 11.4 Å². The van der Waals surface area contributed by atoms with E-state index in [1.807, 2.05) is 0 Å². The monoisotopic (exact) mass is 151 g/mol. The van der Waals surface area contributed by atoms with Crippen molar-refractivity contribution < 1.29 is 4.79 Å². The molecule has 6 heteroatoms. The standard InChI is InChI=1S/C5H5N5O/c1-7-5(11)4-3(2-6)8-10-9-4/h1H3,(H,7,11)(H,8,9,10). The van der Waals surface area contributed by atoms with E-state index in [9.17, 15) is 4.79 Å². The van der Waals surface area contributed by atoms with Crippen molar-refractivity contribution in [1.82, 2.24) is 20.7 Å². The second-order valence-electron chi connectivity index (χ2n) is 1.71. The van der Waals surface area contributed by atoms with E-state index >= 15 is 0 Å². The summed E-state index contributed by atoms with van der Waals surface area (Å²) in [6.07, 6.45) is 0. The Kier molecular flexibility index (Phi) is 1.83. The number of hydrogen-bond acceptors (Lipinski definition) is 4. The molecule has 2 N–H and O–H groups in total. The normalized spacial score (nSPS) is 8.73. The smallest absolute Gasteiger partial charge is 0.274 e. The first-order valence-electron chi connectivity index (χ1n) is 2.82. The number of nitriles is 1. The summed E-state index contributed by atoms with van der Waals surface area (Å²) < 4.78 is 0. The van der Waals surface area contributed by atoms with Crippen molar-refractivity contribution >= 4 is 5.91 Å². The van der Waals surface area contributed by atoms with Crippen LogP contribution in [-0.2, 0) is 0 Å². The zero-order chi connectivity index (χ0) is 8.27. The van der Waals surface area contributed by atoms with Crippen molar-refractivity contribution in [3.8, 4) is 6.07 Å². The molecule has 0 unspecified atom stereocenters. The summed E-state index contributed by atoms with van der Waals surface area (Å²) in [5.74, 6) is -0.421. The minimum atomic E-state index is -0.421. The number of nitrogens with zero attached hydrogens (tertiary/aromatic N) is 3. The summed E-state index contributed by atoms with van der Waals surface area (Å²) in [4.78, 5) is 10.9. The summed E-state index contributed by atoms with van der Waals surface area (Å²) >= 11 is 0. The molecule has 0 bridgehead atoms. The zero-order valence-corrected chi connectivity index (χ0v) is 5.75. The van der Waals surface area contributed by atoms with Gasteiger partial charge in [-0.3, -0.25) is 4.79 Å². The lowest BCUT2D eigenvalue weighted by molar-refractivity contribution is 0.0958. The lowest BCUT2D eigenvalue weighted by Gasteiger charge is -1.90. The highest BCUT2D eigenvalue weighted by atomic mass is 16.1. The molecule has 1 aromatic rings. The van der Waals surface area contributed by atoms with Crippen molar-refractivity contribution in [2.45, 2.75) is 0 Å². The third-order valence-electron chi connectivity index (χ3n) is 1.10. The maximum atomic E-state index is 10.9. The number of rotatable bonds is 1. The van der Waals surface area contributed by atoms with Crippen LogP contribution in [0.5, 0.6) is 0 Å². The van der Waals surface area contributed by atoms with E-state index in [4.69, 9.17) is 5.26 Å². The van der Waals surface area contributed by atoms with Crippen LogP contribution in [-0.4, -0.2) is 28.4 Å². The molecule has 1 heterocycles. The minimum Gasteiger partial charge on any atom is -0.354 e. The summed E-state index contributed by atoms with van der Waals surface area (Å²) in [6, 6.07) is 1.73. The molecule has 0 spiro atoms. The molecule has 0 aromatic carbocycles. The van der Waals surface area contributed by atoms with Crippen molar-refractivity contribution in [3.05, 3.63) is 11.4 Å². The average molecular weight is 151 g/mol. The molecule has 11 heavy (non-hydrogen) atoms. The number of carbonyl (C=O) groups is 1. The highest BCUT2D eigenvalue weighted by molar-refractivity contribution is 5.93. The van der Waals surface area contributed by atoms with Gasteiger partial charge in [-0.05, 0) is 0 Å². The zero-order valence-electron chi connectivity index (χ0n) is 5.75. The quantitative estimate of drug-likeness (QED) is 0.540. The Morgan fingerprint density at radius 3 is 3.00 bits per heavy atom. The topological polar surface area (TPSA) is 94.5 Å². The predicted molar refractivity (Wildman–Crippen MR) is 34.5 cm³/mol. The fraction of sp³-hybridized carbons (Fsp3) is 0.200. The minimum absolute atomic E-state index is 0.00403. The van der Waals surface area contributed by atoms with Crippen LogP contribution in [0.15, 0.2) is 0 Å². The van der Waals surface area contributed by atoms with Crippen molar-refractivity contribution in [1.29, 1.82) is 5.26 Å². The Balaban J connectivity index is 3.05. The van der Waals surface area contributed by atoms with Gasteiger partial charge in [-0.15, -0.1) is 10.2 Å². The number of amides is 1. The van der Waals surface area contributed by atoms with E-state index in [2.05, 4.69) is 20.7 Å². The maximum absolute atomic E-state index is 10.9. The molecule has 0 fully saturated rings. The molecular formula is C5H5N5O. The molecule has 56 valence electrons. The van der Waals surface area contributed by atoms with Crippen LogP contribution in [0.25, 0.3) is 0 Å². The van der Waals surface area contributed by atoms with Crippen molar-refractivity contribution in [3.63, 3.8) is 0 Å². The van der Waals surface area contributed by atoms with Crippen LogP contribution >= 0.6 is 0 Å². The largest absolute Gasteiger partial charge is 0.354 e. The van der Waals surface area contributed by atoms with Gasteiger partial charge in [0, 0.05) is 7.05 Å². The maximum Gasteiger partial charge on any atom is 0.274 e. The summed E-state index contributed by atoms with van der Waals surface area (Å²) in [7, 11) is 1.46. The van der Waals surface area contributed by atoms with E-state index < -0.39 is 5.91 Å². The van der Waals surface area contributed by atoms with E-state index in [0.717, 1.165) is 0 Å². The Morgan fingerprint density at radius 1 is 1.73 bits per heavy atom. The number of nitrogens with one attached hydrogen (secondary N) is 2. The second kappa shape index (κ2) is 2.79. The molecular weight excluding hydrogens is 146 g/mol. The van der Waals surface area contributed by atoms with Gasteiger partial charge >= 0.3 is 0 Å². The van der Waals surface area contributed by atoms with Crippen LogP contribution in [0.3, 0.4) is 0 Å². The van der Waals surface area contributed by atoms with Crippen LogP contribution in [0.1, 0.15) is 16.2 Å². The Morgan fingerprint density at radius 2 is 2.45 bits per heavy atom. The number of aromatic nitrogens is 3. The third-order valence-corrected chi connectivity index (χ3v) is 1.10. The lowest BCUT2D eigenvalue weighted by Crippen LogP contribution is -2.19. The predicted octanol–water partition coefficient (Wildman–Crippen LogP) is -0.964. The fourth-order valence-corrected chi connectivity index (χ4v) is 0.586. The summed E-state index contributed by atoms with van der Waals surface area (Å²) in [6.45, 7) is 0. The fourth-order valence-electron chi connectivity index (χ4n) is 0.586. The van der Waals surface area contributed by atoms with Gasteiger partial charge in [-0.2, -0.15) is 10.5 Å². The molecule has 0 aliphatic rings. The van der Waals surface area contributed by atoms with Crippen molar-refractivity contribution in [2.24, 2.45) is 0 Å². The average Bonchev–Trinajstić information content (AvgIpc) is 2.50. The number of aromatic amines is 1.